The third-order valence-electron chi connectivity index (χ3n) is 10.7. The van der Waals surface area contributed by atoms with Crippen molar-refractivity contribution in [2.45, 2.75) is 0 Å². The molecule has 0 aliphatic heterocycles. The Morgan fingerprint density at radius 1 is 0.417 bits per heavy atom. The van der Waals surface area contributed by atoms with Crippen molar-refractivity contribution < 1.29 is 37.4 Å². The molecule has 0 atom stereocenters. The van der Waals surface area contributed by atoms with Crippen LogP contribution in [0, 0.1) is 0 Å². The van der Waals surface area contributed by atoms with Crippen LogP contribution in [0.25, 0.3) is 76.5 Å². The third-order valence-corrected chi connectivity index (χ3v) is 10.7. The molecule has 10 nitrogen and oxygen atoms in total. The minimum Gasteiger partial charge on any atom is -0.497 e. The fourth-order valence-corrected chi connectivity index (χ4v) is 7.69. The predicted molar refractivity (Wildman–Crippen MR) is 230 cm³/mol. The van der Waals surface area contributed by atoms with Gasteiger partial charge in [-0.15, -0.1) is 0 Å². The van der Waals surface area contributed by atoms with Gasteiger partial charge in [-0.1, -0.05) is 60.7 Å². The molecule has 10 aromatic rings. The summed E-state index contributed by atoms with van der Waals surface area (Å²) in [5.41, 5.74) is 1.98. The molecule has 0 fully saturated rings. The summed E-state index contributed by atoms with van der Waals surface area (Å²) in [4.78, 5) is 55.5. The molecule has 0 bridgehead atoms. The maximum atomic E-state index is 14.1. The first-order chi connectivity index (χ1) is 29.3. The predicted octanol–water partition coefficient (Wildman–Crippen LogP) is 10.6. The van der Waals surface area contributed by atoms with Crippen molar-refractivity contribution in [2.24, 2.45) is 0 Å². The Bertz CT molecular complexity index is 3330. The largest absolute Gasteiger partial charge is 0.497 e. The van der Waals surface area contributed by atoms with E-state index in [1.807, 2.05) is 60.7 Å². The van der Waals surface area contributed by atoms with Crippen LogP contribution in [0.4, 0.5) is 0 Å². The first-order valence-corrected chi connectivity index (χ1v) is 18.9. The highest BCUT2D eigenvalue weighted by atomic mass is 16.5. The van der Waals surface area contributed by atoms with E-state index in [1.165, 1.54) is 38.5 Å². The molecule has 0 aliphatic rings. The highest BCUT2D eigenvalue weighted by Crippen LogP contribution is 2.46. The van der Waals surface area contributed by atoms with Crippen LogP contribution >= 0.6 is 0 Å². The molecule has 0 N–H and O–H groups in total. The van der Waals surface area contributed by atoms with E-state index in [0.29, 0.717) is 55.7 Å². The van der Waals surface area contributed by atoms with E-state index < -0.39 is 11.9 Å². The second-order valence-electron chi connectivity index (χ2n) is 14.1. The van der Waals surface area contributed by atoms with Gasteiger partial charge in [-0.2, -0.15) is 0 Å². The van der Waals surface area contributed by atoms with Crippen molar-refractivity contribution in [2.75, 3.05) is 14.2 Å². The number of hydrogen-bond acceptors (Lipinski definition) is 10. The maximum absolute atomic E-state index is 14.1. The number of carbonyl (C=O) groups is 2. The maximum Gasteiger partial charge on any atom is 0.343 e. The monoisotopic (exact) mass is 790 g/mol. The Hall–Kier alpha value is -8.24. The number of benzene rings is 8. The summed E-state index contributed by atoms with van der Waals surface area (Å²) < 4.78 is 35.1. The Kier molecular flexibility index (Phi) is 8.61. The number of rotatable bonds is 7. The van der Waals surface area contributed by atoms with E-state index in [9.17, 15) is 19.2 Å². The van der Waals surface area contributed by atoms with Crippen LogP contribution in [0.5, 0.6) is 23.0 Å². The summed E-state index contributed by atoms with van der Waals surface area (Å²) in [6.45, 7) is 0. The average molecular weight is 791 g/mol. The number of ether oxygens (including phenoxy) is 4. The highest BCUT2D eigenvalue weighted by Gasteiger charge is 2.24. The molecule has 0 unspecified atom stereocenters. The fourth-order valence-electron chi connectivity index (χ4n) is 7.69. The Labute approximate surface area is 339 Å². The molecule has 2 aromatic heterocycles. The van der Waals surface area contributed by atoms with E-state index in [2.05, 4.69) is 0 Å². The Morgan fingerprint density at radius 3 is 1.22 bits per heavy atom. The second-order valence-corrected chi connectivity index (χ2v) is 14.1. The normalized spacial score (nSPS) is 11.4. The van der Waals surface area contributed by atoms with E-state index >= 15 is 0 Å². The van der Waals surface area contributed by atoms with Crippen molar-refractivity contribution in [3.63, 3.8) is 0 Å². The van der Waals surface area contributed by atoms with Crippen LogP contribution in [0.1, 0.15) is 20.7 Å². The van der Waals surface area contributed by atoms with Gasteiger partial charge in [0.1, 0.15) is 45.3 Å². The summed E-state index contributed by atoms with van der Waals surface area (Å²) in [7, 11) is 3.02. The van der Waals surface area contributed by atoms with Crippen molar-refractivity contribution in [1.82, 2.24) is 0 Å². The highest BCUT2D eigenvalue weighted by molar-refractivity contribution is 6.11. The van der Waals surface area contributed by atoms with Gasteiger partial charge in [0.2, 0.25) is 10.9 Å². The molecule has 290 valence electrons. The van der Waals surface area contributed by atoms with Gasteiger partial charge in [0.25, 0.3) is 0 Å². The van der Waals surface area contributed by atoms with Crippen LogP contribution in [0.15, 0.2) is 164 Å². The molecule has 10 heteroatoms. The molecule has 0 spiro atoms. The van der Waals surface area contributed by atoms with Crippen LogP contribution < -0.4 is 29.8 Å². The van der Waals surface area contributed by atoms with E-state index in [4.69, 9.17) is 27.8 Å². The van der Waals surface area contributed by atoms with Crippen molar-refractivity contribution in [3.05, 3.63) is 177 Å². The van der Waals surface area contributed by atoms with Gasteiger partial charge in [0.05, 0.1) is 46.9 Å². The molecule has 0 saturated heterocycles. The molecule has 0 radical (unpaired) electrons. The van der Waals surface area contributed by atoms with Crippen molar-refractivity contribution in [3.8, 4) is 34.1 Å². The van der Waals surface area contributed by atoms with E-state index in [1.54, 1.807) is 60.7 Å². The van der Waals surface area contributed by atoms with Gasteiger partial charge in [0, 0.05) is 11.1 Å². The molecule has 0 aliphatic carbocycles. The van der Waals surface area contributed by atoms with Gasteiger partial charge in [-0.05, 0) is 106 Å². The molecule has 10 rings (SSSR count). The zero-order valence-corrected chi connectivity index (χ0v) is 31.9. The number of methoxy groups -OCH3 is 2. The molecule has 0 saturated carbocycles. The molecule has 0 amide bonds. The van der Waals surface area contributed by atoms with Gasteiger partial charge in [0.15, 0.2) is 0 Å². The lowest BCUT2D eigenvalue weighted by molar-refractivity contribution is 0.0723. The van der Waals surface area contributed by atoms with Gasteiger partial charge in [-0.25, -0.2) is 9.59 Å². The fraction of sp³-hybridized carbons (Fsp3) is 0.0400. The van der Waals surface area contributed by atoms with E-state index in [0.717, 1.165) is 21.5 Å². The zero-order chi connectivity index (χ0) is 41.1. The number of esters is 2. The van der Waals surface area contributed by atoms with Crippen LogP contribution in [0.3, 0.4) is 0 Å². The quantitative estimate of drug-likeness (QED) is 0.0873. The van der Waals surface area contributed by atoms with Crippen molar-refractivity contribution in [1.29, 1.82) is 0 Å². The number of hydrogen-bond donors (Lipinski definition) is 0. The second kappa shape index (κ2) is 14.3. The van der Waals surface area contributed by atoms with E-state index in [-0.39, 0.29) is 44.3 Å². The number of carbonyl (C=O) groups excluding carboxylic acids is 2. The lowest BCUT2D eigenvalue weighted by Crippen LogP contribution is -2.12. The summed E-state index contributed by atoms with van der Waals surface area (Å²) in [5.74, 6) is -0.0874. The van der Waals surface area contributed by atoms with Crippen molar-refractivity contribution >= 4 is 77.4 Å². The zero-order valence-electron chi connectivity index (χ0n) is 31.9. The lowest BCUT2D eigenvalue weighted by Gasteiger charge is -2.19. The minimum absolute atomic E-state index is 0.118. The number of fused-ring (bicyclic) bond motifs is 6. The summed E-state index contributed by atoms with van der Waals surface area (Å²) in [5, 5.41) is 4.15. The molecule has 2 heterocycles. The molecule has 8 aromatic carbocycles. The molecular formula is C50H30O10. The standard InChI is InChI=1S/C50H30O10/c1-55-31-15-21-41-37(25-31)47(51)35-23-29(13-17-39(35)57-41)49(53)59-43-19-11-27-7-3-5-9-33(27)45(43)46-34-10-6-4-8-28(34)12-20-44(46)60-50(54)30-14-18-40-36(24-30)48(52)38-26-32(56-2)16-22-42(38)58-40/h3-26H,1-2H3. The molecular weight excluding hydrogens is 761 g/mol. The summed E-state index contributed by atoms with van der Waals surface area (Å²) in [6.07, 6.45) is 0. The van der Waals surface area contributed by atoms with Crippen LogP contribution in [-0.4, -0.2) is 26.2 Å². The van der Waals surface area contributed by atoms with Crippen LogP contribution in [0.2, 0.25) is 0 Å². The first-order valence-electron chi connectivity index (χ1n) is 18.9. The van der Waals surface area contributed by atoms with Gasteiger partial charge >= 0.3 is 11.9 Å². The topological polar surface area (TPSA) is 131 Å². The smallest absolute Gasteiger partial charge is 0.343 e. The summed E-state index contributed by atoms with van der Waals surface area (Å²) in [6, 6.07) is 41.3. The van der Waals surface area contributed by atoms with Gasteiger partial charge in [-0.3, -0.25) is 9.59 Å². The van der Waals surface area contributed by atoms with Gasteiger partial charge < -0.3 is 27.8 Å². The minimum atomic E-state index is -0.725. The molecule has 60 heavy (non-hydrogen) atoms. The SMILES string of the molecule is COc1ccc2oc3ccc(C(=O)Oc4ccc5ccccc5c4-c4c(OC(=O)c5ccc6oc7ccc(OC)cc7c(=O)c6c5)ccc5ccccc45)cc3c(=O)c2c1. The average Bonchev–Trinajstić information content (AvgIpc) is 3.29. The Balaban J connectivity index is 1.08. The lowest BCUT2D eigenvalue weighted by atomic mass is 9.92. The first kappa shape index (κ1) is 36.1. The third kappa shape index (κ3) is 6.06. The van der Waals surface area contributed by atoms with Crippen LogP contribution in [-0.2, 0) is 0 Å². The Morgan fingerprint density at radius 2 is 0.800 bits per heavy atom. The summed E-state index contributed by atoms with van der Waals surface area (Å²) >= 11 is 0.